The van der Waals surface area contributed by atoms with Crippen molar-refractivity contribution in [3.05, 3.63) is 54.6 Å². The molecule has 106 valence electrons. The smallest absolute Gasteiger partial charge is 0.178 e. The molecule has 0 heterocycles. The normalized spacial score (nSPS) is 11.4. The van der Waals surface area contributed by atoms with E-state index in [-0.39, 0.29) is 5.75 Å². The van der Waals surface area contributed by atoms with Gasteiger partial charge in [-0.1, -0.05) is 68.3 Å². The molecule has 3 heteroatoms. The Morgan fingerprint density at radius 2 is 1.50 bits per heavy atom. The van der Waals surface area contributed by atoms with Crippen molar-refractivity contribution in [1.29, 1.82) is 0 Å². The summed E-state index contributed by atoms with van der Waals surface area (Å²) >= 11 is 0. The van der Waals surface area contributed by atoms with Crippen molar-refractivity contribution in [3.63, 3.8) is 0 Å². The molecule has 2 aromatic carbocycles. The molecule has 0 bridgehead atoms. The summed E-state index contributed by atoms with van der Waals surface area (Å²) in [5, 5.41) is 0. The van der Waals surface area contributed by atoms with E-state index in [1.54, 1.807) is 12.1 Å². The molecule has 0 atom stereocenters. The first-order valence-corrected chi connectivity index (χ1v) is 8.67. The van der Waals surface area contributed by atoms with Gasteiger partial charge in [-0.2, -0.15) is 0 Å². The Bertz CT molecular complexity index is 646. The summed E-state index contributed by atoms with van der Waals surface area (Å²) in [6, 6.07) is 16.9. The maximum Gasteiger partial charge on any atom is 0.178 e. The molecule has 0 amide bonds. The molecular weight excluding hydrogens is 268 g/mol. The molecule has 0 saturated heterocycles. The fraction of sp³-hybridized carbons (Fsp3) is 0.294. The number of benzene rings is 2. The molecule has 0 fully saturated rings. The van der Waals surface area contributed by atoms with Crippen LogP contribution in [0.4, 0.5) is 0 Å². The van der Waals surface area contributed by atoms with Crippen molar-refractivity contribution in [2.24, 2.45) is 0 Å². The largest absolute Gasteiger partial charge is 0.224 e. The maximum absolute atomic E-state index is 12.5. The Balaban J connectivity index is 2.38. The average Bonchev–Trinajstić information content (AvgIpc) is 2.48. The molecule has 20 heavy (non-hydrogen) atoms. The fourth-order valence-corrected chi connectivity index (χ4v) is 3.86. The maximum atomic E-state index is 12.5. The first kappa shape index (κ1) is 14.8. The fourth-order valence-electron chi connectivity index (χ4n) is 2.25. The van der Waals surface area contributed by atoms with Crippen LogP contribution < -0.4 is 0 Å². The summed E-state index contributed by atoms with van der Waals surface area (Å²) in [5.74, 6) is 0.227. The summed E-state index contributed by atoms with van der Waals surface area (Å²) in [6.07, 6.45) is 2.70. The Hall–Kier alpha value is -1.61. The van der Waals surface area contributed by atoms with Gasteiger partial charge in [-0.05, 0) is 18.1 Å². The zero-order chi connectivity index (χ0) is 14.4. The van der Waals surface area contributed by atoms with Crippen molar-refractivity contribution in [1.82, 2.24) is 0 Å². The number of hydrogen-bond acceptors (Lipinski definition) is 2. The predicted octanol–water partition coefficient (Wildman–Crippen LogP) is 4.32. The second-order valence-corrected chi connectivity index (χ2v) is 6.97. The highest BCUT2D eigenvalue weighted by molar-refractivity contribution is 7.91. The quantitative estimate of drug-likeness (QED) is 0.742. The molecule has 0 N–H and O–H groups in total. The van der Waals surface area contributed by atoms with Gasteiger partial charge in [0, 0.05) is 5.56 Å². The minimum Gasteiger partial charge on any atom is -0.224 e. The summed E-state index contributed by atoms with van der Waals surface area (Å²) in [4.78, 5) is 0.447. The summed E-state index contributed by atoms with van der Waals surface area (Å²) in [7, 11) is -3.21. The van der Waals surface area contributed by atoms with E-state index in [0.29, 0.717) is 4.90 Å². The Morgan fingerprint density at radius 1 is 0.850 bits per heavy atom. The standard InChI is InChI=1S/C17H20O2S/c1-2-3-9-14-20(18,19)17-13-8-7-12-16(17)15-10-5-4-6-11-15/h4-8,10-13H,2-3,9,14H2,1H3. The van der Waals surface area contributed by atoms with Gasteiger partial charge < -0.3 is 0 Å². The van der Waals surface area contributed by atoms with E-state index in [4.69, 9.17) is 0 Å². The van der Waals surface area contributed by atoms with Crippen molar-refractivity contribution in [2.75, 3.05) is 5.75 Å². The molecule has 2 rings (SSSR count). The molecular formula is C17H20O2S. The zero-order valence-electron chi connectivity index (χ0n) is 11.7. The Labute approximate surface area is 121 Å². The van der Waals surface area contributed by atoms with Crippen LogP contribution in [0.2, 0.25) is 0 Å². The molecule has 0 saturated carbocycles. The van der Waals surface area contributed by atoms with E-state index in [9.17, 15) is 8.42 Å². The zero-order valence-corrected chi connectivity index (χ0v) is 12.6. The second kappa shape index (κ2) is 6.71. The number of rotatable bonds is 6. The van der Waals surface area contributed by atoms with Crippen molar-refractivity contribution < 1.29 is 8.42 Å². The molecule has 0 aliphatic heterocycles. The van der Waals surface area contributed by atoms with Crippen LogP contribution in [0.25, 0.3) is 11.1 Å². The lowest BCUT2D eigenvalue weighted by molar-refractivity contribution is 0.591. The first-order valence-electron chi connectivity index (χ1n) is 7.02. The van der Waals surface area contributed by atoms with Gasteiger partial charge in [0.1, 0.15) is 0 Å². The van der Waals surface area contributed by atoms with Crippen LogP contribution in [-0.4, -0.2) is 14.2 Å². The molecule has 0 unspecified atom stereocenters. The minimum atomic E-state index is -3.21. The van der Waals surface area contributed by atoms with Crippen LogP contribution in [0.1, 0.15) is 26.2 Å². The van der Waals surface area contributed by atoms with Gasteiger partial charge in [0.15, 0.2) is 9.84 Å². The SMILES string of the molecule is CCCCCS(=O)(=O)c1ccccc1-c1ccccc1. The van der Waals surface area contributed by atoms with Crippen LogP contribution in [0.5, 0.6) is 0 Å². The lowest BCUT2D eigenvalue weighted by Gasteiger charge is -2.10. The van der Waals surface area contributed by atoms with Gasteiger partial charge in [-0.25, -0.2) is 8.42 Å². The topological polar surface area (TPSA) is 34.1 Å². The molecule has 0 aliphatic carbocycles. The molecule has 0 radical (unpaired) electrons. The highest BCUT2D eigenvalue weighted by atomic mass is 32.2. The summed E-state index contributed by atoms with van der Waals surface area (Å²) in [6.45, 7) is 2.07. The van der Waals surface area contributed by atoms with E-state index in [1.165, 1.54) is 0 Å². The molecule has 2 nitrogen and oxygen atoms in total. The molecule has 0 spiro atoms. The van der Waals surface area contributed by atoms with Crippen LogP contribution >= 0.6 is 0 Å². The lowest BCUT2D eigenvalue weighted by Crippen LogP contribution is -2.08. The highest BCUT2D eigenvalue weighted by Crippen LogP contribution is 2.28. The van der Waals surface area contributed by atoms with E-state index >= 15 is 0 Å². The van der Waals surface area contributed by atoms with Crippen LogP contribution in [0, 0.1) is 0 Å². The third-order valence-corrected chi connectivity index (χ3v) is 5.18. The van der Waals surface area contributed by atoms with Crippen molar-refractivity contribution >= 4 is 9.84 Å². The molecule has 0 aromatic heterocycles. The third kappa shape index (κ3) is 3.48. The minimum absolute atomic E-state index is 0.227. The van der Waals surface area contributed by atoms with Gasteiger partial charge in [0.2, 0.25) is 0 Å². The summed E-state index contributed by atoms with van der Waals surface area (Å²) < 4.78 is 25.0. The van der Waals surface area contributed by atoms with Crippen LogP contribution in [-0.2, 0) is 9.84 Å². The van der Waals surface area contributed by atoms with Gasteiger partial charge in [-0.15, -0.1) is 0 Å². The van der Waals surface area contributed by atoms with E-state index < -0.39 is 9.84 Å². The lowest BCUT2D eigenvalue weighted by atomic mass is 10.1. The van der Waals surface area contributed by atoms with Gasteiger partial charge in [-0.3, -0.25) is 0 Å². The summed E-state index contributed by atoms with van der Waals surface area (Å²) in [5.41, 5.74) is 1.74. The first-order chi connectivity index (χ1) is 9.65. The molecule has 2 aromatic rings. The number of hydrogen-bond donors (Lipinski definition) is 0. The highest BCUT2D eigenvalue weighted by Gasteiger charge is 2.18. The second-order valence-electron chi connectivity index (χ2n) is 4.89. The number of sulfone groups is 1. The average molecular weight is 288 g/mol. The van der Waals surface area contributed by atoms with Gasteiger partial charge >= 0.3 is 0 Å². The Kier molecular flexibility index (Phi) is 4.96. The van der Waals surface area contributed by atoms with Crippen molar-refractivity contribution in [2.45, 2.75) is 31.1 Å². The third-order valence-electron chi connectivity index (χ3n) is 3.32. The van der Waals surface area contributed by atoms with Crippen LogP contribution in [0.15, 0.2) is 59.5 Å². The number of unbranched alkanes of at least 4 members (excludes halogenated alkanes) is 2. The molecule has 0 aliphatic rings. The predicted molar refractivity (Wildman–Crippen MR) is 83.5 cm³/mol. The monoisotopic (exact) mass is 288 g/mol. The van der Waals surface area contributed by atoms with E-state index in [0.717, 1.165) is 30.4 Å². The van der Waals surface area contributed by atoms with E-state index in [1.807, 2.05) is 42.5 Å². The van der Waals surface area contributed by atoms with E-state index in [2.05, 4.69) is 6.92 Å². The Morgan fingerprint density at radius 3 is 2.20 bits per heavy atom. The van der Waals surface area contributed by atoms with Gasteiger partial charge in [0.05, 0.1) is 10.6 Å². The van der Waals surface area contributed by atoms with Crippen LogP contribution in [0.3, 0.4) is 0 Å². The van der Waals surface area contributed by atoms with Gasteiger partial charge in [0.25, 0.3) is 0 Å². The van der Waals surface area contributed by atoms with Crippen molar-refractivity contribution in [3.8, 4) is 11.1 Å².